The zero-order chi connectivity index (χ0) is 14.8. The van der Waals surface area contributed by atoms with E-state index in [1.54, 1.807) is 0 Å². The third kappa shape index (κ3) is 2.88. The van der Waals surface area contributed by atoms with Crippen molar-refractivity contribution < 1.29 is 9.47 Å². The topological polar surface area (TPSA) is 30.5 Å². The molecule has 1 atom stereocenters. The van der Waals surface area contributed by atoms with Crippen LogP contribution in [0.5, 0.6) is 11.5 Å². The van der Waals surface area contributed by atoms with Gasteiger partial charge in [-0.15, -0.1) is 0 Å². The molecule has 0 bridgehead atoms. The predicted octanol–water partition coefficient (Wildman–Crippen LogP) is 3.88. The summed E-state index contributed by atoms with van der Waals surface area (Å²) in [4.78, 5) is 0. The Kier molecular flexibility index (Phi) is 3.84. The molecule has 110 valence electrons. The van der Waals surface area contributed by atoms with E-state index in [1.807, 2.05) is 12.1 Å². The lowest BCUT2D eigenvalue weighted by atomic mass is 10.00. The molecule has 0 saturated carbocycles. The van der Waals surface area contributed by atoms with Gasteiger partial charge in [-0.25, -0.2) is 0 Å². The molecule has 1 aliphatic heterocycles. The van der Waals surface area contributed by atoms with Crippen molar-refractivity contribution in [2.24, 2.45) is 0 Å². The van der Waals surface area contributed by atoms with Crippen LogP contribution in [0, 0.1) is 13.8 Å². The van der Waals surface area contributed by atoms with Crippen LogP contribution >= 0.6 is 0 Å². The molecule has 3 heteroatoms. The fourth-order valence-corrected chi connectivity index (χ4v) is 2.73. The van der Waals surface area contributed by atoms with Gasteiger partial charge in [0.1, 0.15) is 0 Å². The molecule has 2 aromatic carbocycles. The van der Waals surface area contributed by atoms with Crippen LogP contribution in [0.3, 0.4) is 0 Å². The Labute approximate surface area is 125 Å². The number of nitrogens with one attached hydrogen (secondary N) is 1. The van der Waals surface area contributed by atoms with Crippen LogP contribution in [-0.2, 0) is 6.54 Å². The molecular formula is C18H21NO2. The lowest BCUT2D eigenvalue weighted by Gasteiger charge is -2.18. The molecule has 0 saturated heterocycles. The molecule has 2 aromatic rings. The quantitative estimate of drug-likeness (QED) is 0.923. The highest BCUT2D eigenvalue weighted by Crippen LogP contribution is 2.35. The summed E-state index contributed by atoms with van der Waals surface area (Å²) in [6, 6.07) is 12.9. The minimum Gasteiger partial charge on any atom is -0.454 e. The number of rotatable bonds is 4. The molecular weight excluding hydrogens is 262 g/mol. The highest BCUT2D eigenvalue weighted by atomic mass is 16.7. The molecule has 1 unspecified atom stereocenters. The highest BCUT2D eigenvalue weighted by Gasteiger charge is 2.17. The predicted molar refractivity (Wildman–Crippen MR) is 83.7 cm³/mol. The maximum atomic E-state index is 5.55. The number of ether oxygens (including phenoxy) is 2. The van der Waals surface area contributed by atoms with E-state index >= 15 is 0 Å². The van der Waals surface area contributed by atoms with Gasteiger partial charge in [-0.1, -0.05) is 35.9 Å². The van der Waals surface area contributed by atoms with E-state index in [2.05, 4.69) is 50.4 Å². The Morgan fingerprint density at radius 1 is 1.14 bits per heavy atom. The summed E-state index contributed by atoms with van der Waals surface area (Å²) in [6.07, 6.45) is 0. The van der Waals surface area contributed by atoms with Crippen molar-refractivity contribution in [1.82, 2.24) is 5.32 Å². The maximum absolute atomic E-state index is 5.55. The van der Waals surface area contributed by atoms with Gasteiger partial charge in [0.25, 0.3) is 0 Å². The van der Waals surface area contributed by atoms with Crippen molar-refractivity contribution in [2.75, 3.05) is 6.79 Å². The summed E-state index contributed by atoms with van der Waals surface area (Å²) in [5.41, 5.74) is 5.10. The van der Waals surface area contributed by atoms with Gasteiger partial charge >= 0.3 is 0 Å². The minimum atomic E-state index is 0.295. The zero-order valence-corrected chi connectivity index (χ0v) is 12.8. The van der Waals surface area contributed by atoms with Crippen LogP contribution in [0.25, 0.3) is 0 Å². The van der Waals surface area contributed by atoms with Crippen LogP contribution in [0.1, 0.15) is 35.2 Å². The average Bonchev–Trinajstić information content (AvgIpc) is 2.96. The van der Waals surface area contributed by atoms with Crippen LogP contribution < -0.4 is 14.8 Å². The molecule has 1 heterocycles. The van der Waals surface area contributed by atoms with Crippen LogP contribution in [0.4, 0.5) is 0 Å². The molecule has 1 N–H and O–H groups in total. The van der Waals surface area contributed by atoms with Crippen molar-refractivity contribution in [2.45, 2.75) is 33.4 Å². The normalized spacial score (nSPS) is 14.2. The first-order valence-electron chi connectivity index (χ1n) is 7.33. The first-order valence-corrected chi connectivity index (χ1v) is 7.33. The van der Waals surface area contributed by atoms with E-state index in [1.165, 1.54) is 16.7 Å². The van der Waals surface area contributed by atoms with Crippen LogP contribution in [0.15, 0.2) is 36.4 Å². The van der Waals surface area contributed by atoms with Gasteiger partial charge in [-0.2, -0.15) is 0 Å². The number of hydrogen-bond donors (Lipinski definition) is 1. The van der Waals surface area contributed by atoms with E-state index in [-0.39, 0.29) is 0 Å². The summed E-state index contributed by atoms with van der Waals surface area (Å²) in [5.74, 6) is 1.71. The summed E-state index contributed by atoms with van der Waals surface area (Å²) < 4.78 is 11.0. The molecule has 21 heavy (non-hydrogen) atoms. The van der Waals surface area contributed by atoms with Crippen LogP contribution in [-0.4, -0.2) is 6.79 Å². The number of aryl methyl sites for hydroxylation is 2. The third-order valence-electron chi connectivity index (χ3n) is 3.98. The third-order valence-corrected chi connectivity index (χ3v) is 3.98. The van der Waals surface area contributed by atoms with Crippen LogP contribution in [0.2, 0.25) is 0 Å². The van der Waals surface area contributed by atoms with Gasteiger partial charge < -0.3 is 14.8 Å². The maximum Gasteiger partial charge on any atom is 0.231 e. The Hall–Kier alpha value is -2.00. The van der Waals surface area contributed by atoms with Gasteiger partial charge in [-0.3, -0.25) is 0 Å². The summed E-state index contributed by atoms with van der Waals surface area (Å²) in [7, 11) is 0. The van der Waals surface area contributed by atoms with E-state index < -0.39 is 0 Å². The van der Waals surface area contributed by atoms with E-state index in [4.69, 9.17) is 9.47 Å². The van der Waals surface area contributed by atoms with E-state index in [0.29, 0.717) is 12.8 Å². The van der Waals surface area contributed by atoms with Gasteiger partial charge in [0.05, 0.1) is 0 Å². The summed E-state index contributed by atoms with van der Waals surface area (Å²) in [5, 5.41) is 3.58. The standard InChI is InChI=1S/C18H21NO2/c1-12-7-8-13(2)16(9-12)14(3)19-10-15-5-4-6-17-18(15)21-11-20-17/h4-9,14,19H,10-11H2,1-3H3. The second-order valence-electron chi connectivity index (χ2n) is 5.61. The lowest BCUT2D eigenvalue weighted by Crippen LogP contribution is -2.19. The minimum absolute atomic E-state index is 0.295. The van der Waals surface area contributed by atoms with Gasteiger partial charge in [-0.05, 0) is 38.0 Å². The largest absolute Gasteiger partial charge is 0.454 e. The lowest BCUT2D eigenvalue weighted by molar-refractivity contribution is 0.173. The molecule has 0 aliphatic carbocycles. The Balaban J connectivity index is 1.73. The van der Waals surface area contributed by atoms with E-state index in [9.17, 15) is 0 Å². The second kappa shape index (κ2) is 5.78. The first kappa shape index (κ1) is 14.0. The van der Waals surface area contributed by atoms with E-state index in [0.717, 1.165) is 23.6 Å². The fourth-order valence-electron chi connectivity index (χ4n) is 2.73. The molecule has 3 rings (SSSR count). The average molecular weight is 283 g/mol. The molecule has 3 nitrogen and oxygen atoms in total. The van der Waals surface area contributed by atoms with Crippen molar-refractivity contribution >= 4 is 0 Å². The highest BCUT2D eigenvalue weighted by molar-refractivity contribution is 5.48. The zero-order valence-electron chi connectivity index (χ0n) is 12.8. The molecule has 0 spiro atoms. The SMILES string of the molecule is Cc1ccc(C)c(C(C)NCc2cccc3c2OCO3)c1. The Morgan fingerprint density at radius 2 is 2.00 bits per heavy atom. The number of benzene rings is 2. The Morgan fingerprint density at radius 3 is 2.86 bits per heavy atom. The molecule has 0 amide bonds. The van der Waals surface area contributed by atoms with Gasteiger partial charge in [0, 0.05) is 18.2 Å². The number of hydrogen-bond acceptors (Lipinski definition) is 3. The first-order chi connectivity index (χ1) is 10.1. The number of fused-ring (bicyclic) bond motifs is 1. The molecule has 0 radical (unpaired) electrons. The summed E-state index contributed by atoms with van der Waals surface area (Å²) >= 11 is 0. The molecule has 1 aliphatic rings. The van der Waals surface area contributed by atoms with Gasteiger partial charge in [0.15, 0.2) is 11.5 Å². The second-order valence-corrected chi connectivity index (χ2v) is 5.61. The van der Waals surface area contributed by atoms with Gasteiger partial charge in [0.2, 0.25) is 6.79 Å². The molecule has 0 aromatic heterocycles. The number of para-hydroxylation sites is 1. The summed E-state index contributed by atoms with van der Waals surface area (Å²) in [6.45, 7) is 7.57. The monoisotopic (exact) mass is 283 g/mol. The molecule has 0 fully saturated rings. The van der Waals surface area contributed by atoms with Crippen molar-refractivity contribution in [3.8, 4) is 11.5 Å². The van der Waals surface area contributed by atoms with Crippen molar-refractivity contribution in [1.29, 1.82) is 0 Å². The fraction of sp³-hybridized carbons (Fsp3) is 0.333. The smallest absolute Gasteiger partial charge is 0.231 e. The van der Waals surface area contributed by atoms with Crippen molar-refractivity contribution in [3.05, 3.63) is 58.7 Å². The van der Waals surface area contributed by atoms with Crippen molar-refractivity contribution in [3.63, 3.8) is 0 Å². The Bertz CT molecular complexity index is 652.